The Morgan fingerprint density at radius 1 is 1.10 bits per heavy atom. The van der Waals surface area contributed by atoms with Gasteiger partial charge in [0.2, 0.25) is 5.91 Å². The molecule has 3 rings (SSSR count). The van der Waals surface area contributed by atoms with Crippen molar-refractivity contribution in [3.8, 4) is 0 Å². The quantitative estimate of drug-likeness (QED) is 0.690. The molecule has 1 saturated heterocycles. The van der Waals surface area contributed by atoms with Crippen LogP contribution >= 0.6 is 0 Å². The van der Waals surface area contributed by atoms with Crippen molar-refractivity contribution in [3.05, 3.63) is 71.5 Å². The molecule has 0 saturated carbocycles. The molecule has 2 N–H and O–H groups in total. The lowest BCUT2D eigenvalue weighted by atomic mass is 9.85. The summed E-state index contributed by atoms with van der Waals surface area (Å²) in [7, 11) is 0. The maximum Gasteiger partial charge on any atom is 0.325 e. The highest BCUT2D eigenvalue weighted by molar-refractivity contribution is 6.09. The molecule has 0 aliphatic carbocycles. The fourth-order valence-electron chi connectivity index (χ4n) is 3.75. The van der Waals surface area contributed by atoms with Crippen molar-refractivity contribution in [1.29, 1.82) is 0 Å². The van der Waals surface area contributed by atoms with E-state index in [4.69, 9.17) is 0 Å². The Morgan fingerprint density at radius 2 is 1.71 bits per heavy atom. The van der Waals surface area contributed by atoms with Crippen molar-refractivity contribution in [3.63, 3.8) is 0 Å². The fraction of sp³-hybridized carbons (Fsp3) is 0.375. The number of benzene rings is 2. The number of imide groups is 1. The first-order chi connectivity index (χ1) is 14.5. The standard InChI is InChI=1S/C24H28FN3O3/c1-23(2,3)14-19(16-8-6-5-7-9-16)26-20(29)15-28-21(30)24(4,27-22(28)31)17-10-12-18(25)13-11-17/h5-13,19H,14-15H2,1-4H3,(H,26,29)(H,27,31). The molecular weight excluding hydrogens is 397 g/mol. The average molecular weight is 426 g/mol. The predicted molar refractivity (Wildman–Crippen MR) is 115 cm³/mol. The molecule has 2 unspecified atom stereocenters. The topological polar surface area (TPSA) is 78.5 Å². The van der Waals surface area contributed by atoms with Crippen molar-refractivity contribution >= 4 is 17.8 Å². The monoisotopic (exact) mass is 425 g/mol. The second-order valence-corrected chi connectivity index (χ2v) is 9.25. The SMILES string of the molecule is CC(C)(C)CC(NC(=O)CN1C(=O)NC(C)(c2ccc(F)cc2)C1=O)c1ccccc1. The second kappa shape index (κ2) is 8.49. The van der Waals surface area contributed by atoms with Gasteiger partial charge < -0.3 is 10.6 Å². The van der Waals surface area contributed by atoms with Crippen molar-refractivity contribution in [1.82, 2.24) is 15.5 Å². The van der Waals surface area contributed by atoms with Crippen LogP contribution in [0.5, 0.6) is 0 Å². The number of nitrogens with zero attached hydrogens (tertiary/aromatic N) is 1. The van der Waals surface area contributed by atoms with Crippen LogP contribution in [0.1, 0.15) is 51.3 Å². The van der Waals surface area contributed by atoms with Crippen molar-refractivity contribution in [2.75, 3.05) is 6.54 Å². The summed E-state index contributed by atoms with van der Waals surface area (Å²) in [6, 6.07) is 14.0. The summed E-state index contributed by atoms with van der Waals surface area (Å²) in [5.41, 5.74) is 0.00892. The van der Waals surface area contributed by atoms with Crippen LogP contribution in [0.4, 0.5) is 9.18 Å². The van der Waals surface area contributed by atoms with E-state index in [-0.39, 0.29) is 11.5 Å². The number of amides is 4. The van der Waals surface area contributed by atoms with E-state index in [0.29, 0.717) is 12.0 Å². The molecule has 2 aromatic rings. The molecule has 6 nitrogen and oxygen atoms in total. The van der Waals surface area contributed by atoms with Gasteiger partial charge in [0.25, 0.3) is 5.91 Å². The van der Waals surface area contributed by atoms with Crippen LogP contribution in [-0.2, 0) is 15.1 Å². The summed E-state index contributed by atoms with van der Waals surface area (Å²) in [6.45, 7) is 7.40. The van der Waals surface area contributed by atoms with Crippen molar-refractivity contribution in [2.24, 2.45) is 5.41 Å². The molecule has 164 valence electrons. The third-order valence-electron chi connectivity index (χ3n) is 5.35. The van der Waals surface area contributed by atoms with Crippen molar-refractivity contribution < 1.29 is 18.8 Å². The summed E-state index contributed by atoms with van der Waals surface area (Å²) >= 11 is 0. The van der Waals surface area contributed by atoms with Gasteiger partial charge >= 0.3 is 6.03 Å². The lowest BCUT2D eigenvalue weighted by Gasteiger charge is -2.28. The van der Waals surface area contributed by atoms with Gasteiger partial charge in [0.1, 0.15) is 17.9 Å². The predicted octanol–water partition coefficient (Wildman–Crippen LogP) is 3.89. The van der Waals surface area contributed by atoms with E-state index in [1.54, 1.807) is 6.92 Å². The number of carbonyl (C=O) groups is 3. The van der Waals surface area contributed by atoms with Crippen molar-refractivity contribution in [2.45, 2.75) is 45.7 Å². The van der Waals surface area contributed by atoms with Gasteiger partial charge in [0, 0.05) is 0 Å². The highest BCUT2D eigenvalue weighted by Crippen LogP contribution is 2.31. The molecule has 7 heteroatoms. The first-order valence-electron chi connectivity index (χ1n) is 10.2. The smallest absolute Gasteiger partial charge is 0.325 e. The number of nitrogens with one attached hydrogen (secondary N) is 2. The van der Waals surface area contributed by atoms with Crippen LogP contribution in [0.3, 0.4) is 0 Å². The molecule has 0 spiro atoms. The molecule has 1 aliphatic rings. The molecule has 4 amide bonds. The molecule has 0 aromatic heterocycles. The Kier molecular flexibility index (Phi) is 6.15. The number of hydrogen-bond acceptors (Lipinski definition) is 3. The summed E-state index contributed by atoms with van der Waals surface area (Å²) in [4.78, 5) is 39.2. The Bertz CT molecular complexity index is 970. The van der Waals surface area contributed by atoms with E-state index in [0.717, 1.165) is 10.5 Å². The summed E-state index contributed by atoms with van der Waals surface area (Å²) < 4.78 is 13.3. The number of urea groups is 1. The molecule has 2 aromatic carbocycles. The van der Waals surface area contributed by atoms with Gasteiger partial charge in [-0.05, 0) is 42.0 Å². The third-order valence-corrected chi connectivity index (χ3v) is 5.35. The van der Waals surface area contributed by atoms with E-state index in [2.05, 4.69) is 31.4 Å². The van der Waals surface area contributed by atoms with Gasteiger partial charge in [0.15, 0.2) is 0 Å². The number of carbonyl (C=O) groups excluding carboxylic acids is 3. The summed E-state index contributed by atoms with van der Waals surface area (Å²) in [5, 5.41) is 5.60. The second-order valence-electron chi connectivity index (χ2n) is 9.25. The number of halogens is 1. The molecular formula is C24H28FN3O3. The van der Waals surface area contributed by atoms with Gasteiger partial charge in [-0.3, -0.25) is 14.5 Å². The number of rotatable bonds is 6. The zero-order valence-electron chi connectivity index (χ0n) is 18.2. The summed E-state index contributed by atoms with van der Waals surface area (Å²) in [6.07, 6.45) is 0.691. The van der Waals surface area contributed by atoms with Gasteiger partial charge in [-0.1, -0.05) is 63.2 Å². The lowest BCUT2D eigenvalue weighted by molar-refractivity contribution is -0.135. The van der Waals surface area contributed by atoms with E-state index >= 15 is 0 Å². The van der Waals surface area contributed by atoms with E-state index in [1.807, 2.05) is 30.3 Å². The molecule has 0 radical (unpaired) electrons. The van der Waals surface area contributed by atoms with Crippen LogP contribution in [0.2, 0.25) is 0 Å². The van der Waals surface area contributed by atoms with E-state index in [1.165, 1.54) is 24.3 Å². The van der Waals surface area contributed by atoms with Crippen LogP contribution in [0, 0.1) is 11.2 Å². The highest BCUT2D eigenvalue weighted by Gasteiger charge is 2.49. The van der Waals surface area contributed by atoms with Crippen LogP contribution in [-0.4, -0.2) is 29.3 Å². The van der Waals surface area contributed by atoms with E-state index < -0.39 is 35.7 Å². The Labute approximate surface area is 181 Å². The van der Waals surface area contributed by atoms with Crippen LogP contribution in [0.15, 0.2) is 54.6 Å². The van der Waals surface area contributed by atoms with Crippen LogP contribution in [0.25, 0.3) is 0 Å². The molecule has 0 bridgehead atoms. The van der Waals surface area contributed by atoms with E-state index in [9.17, 15) is 18.8 Å². The Hall–Kier alpha value is -3.22. The average Bonchev–Trinajstić information content (AvgIpc) is 2.91. The number of hydrogen-bond donors (Lipinski definition) is 2. The summed E-state index contributed by atoms with van der Waals surface area (Å²) in [5.74, 6) is -1.41. The molecule has 1 fully saturated rings. The maximum absolute atomic E-state index is 13.3. The zero-order chi connectivity index (χ0) is 22.8. The minimum Gasteiger partial charge on any atom is -0.348 e. The molecule has 31 heavy (non-hydrogen) atoms. The Balaban J connectivity index is 1.75. The lowest BCUT2D eigenvalue weighted by Crippen LogP contribution is -2.44. The first kappa shape index (κ1) is 22.5. The normalized spacial score (nSPS) is 19.8. The zero-order valence-corrected chi connectivity index (χ0v) is 18.2. The molecule has 1 heterocycles. The first-order valence-corrected chi connectivity index (χ1v) is 10.2. The minimum atomic E-state index is -1.35. The molecule has 2 atom stereocenters. The highest BCUT2D eigenvalue weighted by atomic mass is 19.1. The fourth-order valence-corrected chi connectivity index (χ4v) is 3.75. The maximum atomic E-state index is 13.3. The van der Waals surface area contributed by atoms with Gasteiger partial charge in [-0.2, -0.15) is 0 Å². The van der Waals surface area contributed by atoms with Gasteiger partial charge in [-0.15, -0.1) is 0 Å². The van der Waals surface area contributed by atoms with Gasteiger partial charge in [-0.25, -0.2) is 9.18 Å². The third kappa shape index (κ3) is 5.10. The minimum absolute atomic E-state index is 0.0459. The molecule has 1 aliphatic heterocycles. The Morgan fingerprint density at radius 3 is 2.29 bits per heavy atom. The largest absolute Gasteiger partial charge is 0.348 e. The van der Waals surface area contributed by atoms with Crippen LogP contribution < -0.4 is 10.6 Å². The van der Waals surface area contributed by atoms with Gasteiger partial charge in [0.05, 0.1) is 6.04 Å².